The van der Waals surface area contributed by atoms with Crippen LogP contribution in [-0.2, 0) is 6.54 Å². The highest BCUT2D eigenvalue weighted by Gasteiger charge is 2.15. The van der Waals surface area contributed by atoms with Gasteiger partial charge < -0.3 is 15.2 Å². The number of aromatic hydroxyl groups is 1. The number of nitrogens with one attached hydrogen (secondary N) is 1. The van der Waals surface area contributed by atoms with Crippen molar-refractivity contribution in [2.45, 2.75) is 6.54 Å². The van der Waals surface area contributed by atoms with Crippen LogP contribution in [0, 0.1) is 5.82 Å². The second kappa shape index (κ2) is 6.06. The van der Waals surface area contributed by atoms with E-state index in [1.165, 1.54) is 12.1 Å². The Bertz CT molecular complexity index is 608. The maximum absolute atomic E-state index is 13.5. The van der Waals surface area contributed by atoms with Gasteiger partial charge in [-0.05, 0) is 29.8 Å². The average molecular weight is 275 g/mol. The van der Waals surface area contributed by atoms with Crippen molar-refractivity contribution in [2.24, 2.45) is 0 Å². The third-order valence-electron chi connectivity index (χ3n) is 2.81. The van der Waals surface area contributed by atoms with Gasteiger partial charge in [-0.1, -0.05) is 18.2 Å². The van der Waals surface area contributed by atoms with Gasteiger partial charge in [0, 0.05) is 6.54 Å². The van der Waals surface area contributed by atoms with Gasteiger partial charge in [0.15, 0.2) is 0 Å². The first-order valence-corrected chi connectivity index (χ1v) is 6.00. The zero-order valence-corrected chi connectivity index (χ0v) is 10.9. The molecular formula is C15H14FNO3. The molecule has 2 aromatic rings. The topological polar surface area (TPSA) is 58.6 Å². The van der Waals surface area contributed by atoms with E-state index >= 15 is 0 Å². The molecule has 0 aliphatic heterocycles. The molecule has 0 atom stereocenters. The van der Waals surface area contributed by atoms with Crippen molar-refractivity contribution in [1.29, 1.82) is 0 Å². The Morgan fingerprint density at radius 2 is 2.05 bits per heavy atom. The molecule has 0 aliphatic rings. The lowest BCUT2D eigenvalue weighted by molar-refractivity contribution is 0.0944. The van der Waals surface area contributed by atoms with E-state index in [1.54, 1.807) is 25.3 Å². The van der Waals surface area contributed by atoms with Crippen molar-refractivity contribution in [3.8, 4) is 11.5 Å². The largest absolute Gasteiger partial charge is 0.507 e. The molecule has 20 heavy (non-hydrogen) atoms. The van der Waals surface area contributed by atoms with E-state index in [4.69, 9.17) is 4.74 Å². The van der Waals surface area contributed by atoms with Crippen LogP contribution in [0.5, 0.6) is 11.5 Å². The first-order valence-electron chi connectivity index (χ1n) is 6.00. The molecule has 0 aromatic heterocycles. The second-order valence-electron chi connectivity index (χ2n) is 4.17. The smallest absolute Gasteiger partial charge is 0.258 e. The Kier molecular flexibility index (Phi) is 4.20. The molecule has 0 spiro atoms. The molecule has 0 heterocycles. The number of halogens is 1. The summed E-state index contributed by atoms with van der Waals surface area (Å²) in [5, 5.41) is 12.1. The molecule has 2 aromatic carbocycles. The van der Waals surface area contributed by atoms with Gasteiger partial charge in [-0.2, -0.15) is 0 Å². The van der Waals surface area contributed by atoms with Crippen molar-refractivity contribution in [1.82, 2.24) is 5.32 Å². The first kappa shape index (κ1) is 13.9. The van der Waals surface area contributed by atoms with E-state index in [1.807, 2.05) is 6.07 Å². The minimum atomic E-state index is -0.756. The van der Waals surface area contributed by atoms with Crippen molar-refractivity contribution in [2.75, 3.05) is 7.11 Å². The quantitative estimate of drug-likeness (QED) is 0.901. The summed E-state index contributed by atoms with van der Waals surface area (Å²) >= 11 is 0. The molecular weight excluding hydrogens is 261 g/mol. The molecule has 0 saturated carbocycles. The Morgan fingerprint density at radius 3 is 2.75 bits per heavy atom. The van der Waals surface area contributed by atoms with Crippen LogP contribution in [0.4, 0.5) is 4.39 Å². The number of carbonyl (C=O) groups excluding carboxylic acids is 1. The minimum absolute atomic E-state index is 0.212. The summed E-state index contributed by atoms with van der Waals surface area (Å²) in [6.07, 6.45) is 0. The molecule has 2 rings (SSSR count). The zero-order valence-electron chi connectivity index (χ0n) is 10.9. The van der Waals surface area contributed by atoms with Gasteiger partial charge in [-0.25, -0.2) is 4.39 Å². The van der Waals surface area contributed by atoms with Crippen molar-refractivity contribution in [3.05, 3.63) is 59.4 Å². The van der Waals surface area contributed by atoms with Crippen molar-refractivity contribution < 1.29 is 19.0 Å². The Balaban J connectivity index is 2.09. The maximum Gasteiger partial charge on any atom is 0.258 e. The number of hydrogen-bond acceptors (Lipinski definition) is 3. The third-order valence-corrected chi connectivity index (χ3v) is 2.81. The molecule has 0 fully saturated rings. The van der Waals surface area contributed by atoms with Crippen LogP contribution in [0.2, 0.25) is 0 Å². The van der Waals surface area contributed by atoms with Crippen LogP contribution in [0.1, 0.15) is 15.9 Å². The monoisotopic (exact) mass is 275 g/mol. The maximum atomic E-state index is 13.5. The SMILES string of the molecule is COc1cccc(CNC(=O)c2c(O)cccc2F)c1. The molecule has 0 saturated heterocycles. The summed E-state index contributed by atoms with van der Waals surface area (Å²) in [5.41, 5.74) is 0.462. The fourth-order valence-electron chi connectivity index (χ4n) is 1.79. The van der Waals surface area contributed by atoms with Gasteiger partial charge in [0.25, 0.3) is 5.91 Å². The number of methoxy groups -OCH3 is 1. The van der Waals surface area contributed by atoms with Gasteiger partial charge in [0.2, 0.25) is 0 Å². The first-order chi connectivity index (χ1) is 9.61. The molecule has 104 valence electrons. The number of phenols is 1. The summed E-state index contributed by atoms with van der Waals surface area (Å²) in [7, 11) is 1.55. The van der Waals surface area contributed by atoms with Crippen molar-refractivity contribution in [3.63, 3.8) is 0 Å². The molecule has 0 bridgehead atoms. The predicted octanol–water partition coefficient (Wildman–Crippen LogP) is 2.47. The van der Waals surface area contributed by atoms with Gasteiger partial charge in [-0.3, -0.25) is 4.79 Å². The molecule has 2 N–H and O–H groups in total. The van der Waals surface area contributed by atoms with Crippen molar-refractivity contribution >= 4 is 5.91 Å². The fraction of sp³-hybridized carbons (Fsp3) is 0.133. The van der Waals surface area contributed by atoms with E-state index in [2.05, 4.69) is 5.32 Å². The molecule has 4 nitrogen and oxygen atoms in total. The molecule has 0 unspecified atom stereocenters. The van der Waals surface area contributed by atoms with Crippen LogP contribution in [0.15, 0.2) is 42.5 Å². The Labute approximate surface area is 115 Å². The van der Waals surface area contributed by atoms with E-state index in [0.29, 0.717) is 5.75 Å². The number of amides is 1. The van der Waals surface area contributed by atoms with Gasteiger partial charge in [0.1, 0.15) is 22.9 Å². The molecule has 0 aliphatic carbocycles. The lowest BCUT2D eigenvalue weighted by atomic mass is 10.1. The average Bonchev–Trinajstić information content (AvgIpc) is 2.45. The lowest BCUT2D eigenvalue weighted by Gasteiger charge is -2.08. The predicted molar refractivity (Wildman–Crippen MR) is 72.2 cm³/mol. The van der Waals surface area contributed by atoms with E-state index in [-0.39, 0.29) is 17.9 Å². The molecule has 0 radical (unpaired) electrons. The summed E-state index contributed by atoms with van der Waals surface area (Å²) in [4.78, 5) is 11.9. The van der Waals surface area contributed by atoms with Crippen LogP contribution in [0.25, 0.3) is 0 Å². The van der Waals surface area contributed by atoms with E-state index in [9.17, 15) is 14.3 Å². The third kappa shape index (κ3) is 3.06. The Morgan fingerprint density at radius 1 is 1.30 bits per heavy atom. The lowest BCUT2D eigenvalue weighted by Crippen LogP contribution is -2.24. The number of phenolic OH excluding ortho intramolecular Hbond substituents is 1. The summed E-state index contributed by atoms with van der Waals surface area (Å²) in [6.45, 7) is 0.212. The fourth-order valence-corrected chi connectivity index (χ4v) is 1.79. The van der Waals surface area contributed by atoms with Crippen LogP contribution >= 0.6 is 0 Å². The summed E-state index contributed by atoms with van der Waals surface area (Å²) in [5.74, 6) is -1.13. The van der Waals surface area contributed by atoms with E-state index in [0.717, 1.165) is 11.6 Å². The number of ether oxygens (including phenoxy) is 1. The van der Waals surface area contributed by atoms with E-state index < -0.39 is 11.7 Å². The van der Waals surface area contributed by atoms with Gasteiger partial charge in [0.05, 0.1) is 7.11 Å². The van der Waals surface area contributed by atoms with Crippen LogP contribution < -0.4 is 10.1 Å². The van der Waals surface area contributed by atoms with Crippen LogP contribution in [-0.4, -0.2) is 18.1 Å². The Hall–Kier alpha value is -2.56. The normalized spacial score (nSPS) is 10.1. The second-order valence-corrected chi connectivity index (χ2v) is 4.17. The van der Waals surface area contributed by atoms with Gasteiger partial charge in [-0.15, -0.1) is 0 Å². The molecule has 5 heteroatoms. The standard InChI is InChI=1S/C15H14FNO3/c1-20-11-5-2-4-10(8-11)9-17-15(19)14-12(16)6-3-7-13(14)18/h2-8,18H,9H2,1H3,(H,17,19). The highest BCUT2D eigenvalue weighted by atomic mass is 19.1. The number of rotatable bonds is 4. The van der Waals surface area contributed by atoms with Crippen LogP contribution in [0.3, 0.4) is 0 Å². The number of carbonyl (C=O) groups is 1. The number of hydrogen-bond donors (Lipinski definition) is 2. The highest BCUT2D eigenvalue weighted by Crippen LogP contribution is 2.19. The highest BCUT2D eigenvalue weighted by molar-refractivity contribution is 5.97. The summed E-state index contributed by atoms with van der Waals surface area (Å²) in [6, 6.07) is 10.9. The van der Waals surface area contributed by atoms with Gasteiger partial charge >= 0.3 is 0 Å². The summed E-state index contributed by atoms with van der Waals surface area (Å²) < 4.78 is 18.6. The number of benzene rings is 2. The molecule has 1 amide bonds. The minimum Gasteiger partial charge on any atom is -0.507 e. The zero-order chi connectivity index (χ0) is 14.5.